The zero-order valence-corrected chi connectivity index (χ0v) is 15.1. The van der Waals surface area contributed by atoms with E-state index in [0.717, 1.165) is 36.9 Å². The molecular formula is C18H29N3OS. The van der Waals surface area contributed by atoms with Crippen LogP contribution in [0.15, 0.2) is 24.3 Å². The van der Waals surface area contributed by atoms with Crippen molar-refractivity contribution in [1.82, 2.24) is 10.2 Å². The molecule has 2 rings (SSSR count). The zero-order valence-electron chi connectivity index (χ0n) is 14.3. The molecule has 1 aliphatic rings. The molecule has 0 bridgehead atoms. The predicted molar refractivity (Wildman–Crippen MR) is 101 cm³/mol. The Morgan fingerprint density at radius 2 is 2.04 bits per heavy atom. The van der Waals surface area contributed by atoms with E-state index in [9.17, 15) is 0 Å². The summed E-state index contributed by atoms with van der Waals surface area (Å²) < 4.78 is 5.59. The molecule has 0 spiro atoms. The van der Waals surface area contributed by atoms with E-state index in [2.05, 4.69) is 22.5 Å². The van der Waals surface area contributed by atoms with Gasteiger partial charge in [-0.2, -0.15) is 0 Å². The van der Waals surface area contributed by atoms with Gasteiger partial charge in [0.15, 0.2) is 5.11 Å². The van der Waals surface area contributed by atoms with Crippen LogP contribution < -0.4 is 15.4 Å². The average molecular weight is 336 g/mol. The highest BCUT2D eigenvalue weighted by Gasteiger charge is 2.14. The summed E-state index contributed by atoms with van der Waals surface area (Å²) >= 11 is 5.37. The smallest absolute Gasteiger partial charge is 0.170 e. The summed E-state index contributed by atoms with van der Waals surface area (Å²) in [7, 11) is 0. The second-order valence-corrected chi connectivity index (χ2v) is 6.60. The largest absolute Gasteiger partial charge is 0.492 e. The first-order valence-electron chi connectivity index (χ1n) is 8.68. The second-order valence-electron chi connectivity index (χ2n) is 6.19. The van der Waals surface area contributed by atoms with Gasteiger partial charge >= 0.3 is 0 Å². The molecule has 0 unspecified atom stereocenters. The van der Waals surface area contributed by atoms with Crippen molar-refractivity contribution in [2.45, 2.75) is 33.1 Å². The van der Waals surface area contributed by atoms with Gasteiger partial charge in [-0.1, -0.05) is 19.1 Å². The molecule has 128 valence electrons. The number of likely N-dealkylation sites (tertiary alicyclic amines) is 1. The van der Waals surface area contributed by atoms with Crippen LogP contribution in [0.4, 0.5) is 5.69 Å². The Bertz CT molecular complexity index is 487. The topological polar surface area (TPSA) is 36.5 Å². The van der Waals surface area contributed by atoms with E-state index in [1.54, 1.807) is 0 Å². The number of benzene rings is 1. The highest BCUT2D eigenvalue weighted by Crippen LogP contribution is 2.23. The van der Waals surface area contributed by atoms with Gasteiger partial charge in [-0.25, -0.2) is 0 Å². The van der Waals surface area contributed by atoms with Crippen LogP contribution in [0.3, 0.4) is 0 Å². The average Bonchev–Trinajstić information content (AvgIpc) is 2.55. The second kappa shape index (κ2) is 9.73. The molecule has 5 heteroatoms. The lowest BCUT2D eigenvalue weighted by Gasteiger charge is -2.30. The first kappa shape index (κ1) is 18.0. The normalized spacial score (nSPS) is 16.1. The molecule has 0 amide bonds. The third-order valence-electron chi connectivity index (χ3n) is 4.25. The lowest BCUT2D eigenvalue weighted by atomic mass is 9.99. The predicted octanol–water partition coefficient (Wildman–Crippen LogP) is 3.49. The van der Waals surface area contributed by atoms with Gasteiger partial charge < -0.3 is 20.3 Å². The molecule has 0 radical (unpaired) electrons. The number of para-hydroxylation sites is 2. The van der Waals surface area contributed by atoms with Gasteiger partial charge in [0.25, 0.3) is 0 Å². The molecular weight excluding hydrogens is 306 g/mol. The van der Waals surface area contributed by atoms with Crippen molar-refractivity contribution in [2.75, 3.05) is 38.1 Å². The molecule has 1 heterocycles. The quantitative estimate of drug-likeness (QED) is 0.589. The Balaban J connectivity index is 1.65. The van der Waals surface area contributed by atoms with Gasteiger partial charge in [-0.3, -0.25) is 0 Å². The number of hydrogen-bond donors (Lipinski definition) is 2. The summed E-state index contributed by atoms with van der Waals surface area (Å²) in [6.45, 7) is 9.51. The van der Waals surface area contributed by atoms with E-state index in [1.165, 1.54) is 25.9 Å². The molecule has 23 heavy (non-hydrogen) atoms. The fraction of sp³-hybridized carbons (Fsp3) is 0.611. The summed E-state index contributed by atoms with van der Waals surface area (Å²) in [5.41, 5.74) is 0.914. The first-order chi connectivity index (χ1) is 11.2. The number of hydrogen-bond acceptors (Lipinski definition) is 3. The van der Waals surface area contributed by atoms with Crippen molar-refractivity contribution in [3.05, 3.63) is 24.3 Å². The summed E-state index contributed by atoms with van der Waals surface area (Å²) in [5, 5.41) is 7.17. The van der Waals surface area contributed by atoms with Crippen molar-refractivity contribution >= 4 is 23.0 Å². The summed E-state index contributed by atoms with van der Waals surface area (Å²) in [4.78, 5) is 2.56. The van der Waals surface area contributed by atoms with Crippen LogP contribution in [0.1, 0.15) is 33.1 Å². The maximum Gasteiger partial charge on any atom is 0.170 e. The molecule has 2 N–H and O–H groups in total. The fourth-order valence-electron chi connectivity index (χ4n) is 2.81. The van der Waals surface area contributed by atoms with E-state index >= 15 is 0 Å². The van der Waals surface area contributed by atoms with Crippen molar-refractivity contribution in [1.29, 1.82) is 0 Å². The molecule has 1 saturated heterocycles. The number of rotatable bonds is 7. The van der Waals surface area contributed by atoms with Gasteiger partial charge in [0.1, 0.15) is 5.75 Å². The number of ether oxygens (including phenoxy) is 1. The van der Waals surface area contributed by atoms with E-state index in [1.807, 2.05) is 31.2 Å². The SMILES string of the molecule is CCOc1ccccc1NC(=S)NCCCN1CCC(C)CC1. The number of nitrogens with one attached hydrogen (secondary N) is 2. The number of thiocarbonyl (C=S) groups is 1. The lowest BCUT2D eigenvalue weighted by Crippen LogP contribution is -2.36. The van der Waals surface area contributed by atoms with E-state index in [-0.39, 0.29) is 0 Å². The molecule has 1 aliphatic heterocycles. The minimum atomic E-state index is 0.646. The fourth-order valence-corrected chi connectivity index (χ4v) is 3.02. The van der Waals surface area contributed by atoms with Crippen molar-refractivity contribution in [2.24, 2.45) is 5.92 Å². The summed E-state index contributed by atoms with van der Waals surface area (Å²) in [6, 6.07) is 7.87. The van der Waals surface area contributed by atoms with Gasteiger partial charge in [0.05, 0.1) is 12.3 Å². The third-order valence-corrected chi connectivity index (χ3v) is 4.49. The Labute approximate surface area is 145 Å². The maximum atomic E-state index is 5.59. The Morgan fingerprint density at radius 3 is 2.78 bits per heavy atom. The van der Waals surface area contributed by atoms with E-state index in [4.69, 9.17) is 17.0 Å². The molecule has 1 aromatic rings. The van der Waals surface area contributed by atoms with Crippen LogP contribution in [-0.2, 0) is 0 Å². The van der Waals surface area contributed by atoms with Crippen LogP contribution in [0.5, 0.6) is 5.75 Å². The van der Waals surface area contributed by atoms with Crippen LogP contribution in [-0.4, -0.2) is 42.8 Å². The number of piperidine rings is 1. The Morgan fingerprint density at radius 1 is 1.30 bits per heavy atom. The molecule has 0 aliphatic carbocycles. The Kier molecular flexibility index (Phi) is 7.62. The van der Waals surface area contributed by atoms with E-state index in [0.29, 0.717) is 11.7 Å². The van der Waals surface area contributed by atoms with Crippen LogP contribution >= 0.6 is 12.2 Å². The van der Waals surface area contributed by atoms with Crippen LogP contribution in [0.25, 0.3) is 0 Å². The first-order valence-corrected chi connectivity index (χ1v) is 9.09. The third kappa shape index (κ3) is 6.36. The van der Waals surface area contributed by atoms with E-state index < -0.39 is 0 Å². The van der Waals surface area contributed by atoms with Crippen LogP contribution in [0, 0.1) is 5.92 Å². The standard InChI is InChI=1S/C18H29N3OS/c1-3-22-17-8-5-4-7-16(17)20-18(23)19-11-6-12-21-13-9-15(2)10-14-21/h4-5,7-8,15H,3,6,9-14H2,1-2H3,(H2,19,20,23). The lowest BCUT2D eigenvalue weighted by molar-refractivity contribution is 0.191. The zero-order chi connectivity index (χ0) is 16.5. The molecule has 0 saturated carbocycles. The van der Waals surface area contributed by atoms with Gasteiger partial charge in [0, 0.05) is 6.54 Å². The number of nitrogens with zero attached hydrogens (tertiary/aromatic N) is 1. The minimum absolute atomic E-state index is 0.646. The molecule has 1 aromatic carbocycles. The number of anilines is 1. The van der Waals surface area contributed by atoms with Crippen molar-refractivity contribution in [3.8, 4) is 5.75 Å². The molecule has 1 fully saturated rings. The highest BCUT2D eigenvalue weighted by atomic mass is 32.1. The van der Waals surface area contributed by atoms with Gasteiger partial charge in [-0.05, 0) is 76.1 Å². The van der Waals surface area contributed by atoms with Crippen LogP contribution in [0.2, 0.25) is 0 Å². The monoisotopic (exact) mass is 335 g/mol. The Hall–Kier alpha value is -1.33. The molecule has 4 nitrogen and oxygen atoms in total. The summed E-state index contributed by atoms with van der Waals surface area (Å²) in [6.07, 6.45) is 3.78. The van der Waals surface area contributed by atoms with Gasteiger partial charge in [0.2, 0.25) is 0 Å². The van der Waals surface area contributed by atoms with Crippen molar-refractivity contribution < 1.29 is 4.74 Å². The molecule has 0 aromatic heterocycles. The highest BCUT2D eigenvalue weighted by molar-refractivity contribution is 7.80. The summed E-state index contributed by atoms with van der Waals surface area (Å²) in [5.74, 6) is 1.73. The van der Waals surface area contributed by atoms with Crippen molar-refractivity contribution in [3.63, 3.8) is 0 Å². The van der Waals surface area contributed by atoms with Gasteiger partial charge in [-0.15, -0.1) is 0 Å². The minimum Gasteiger partial charge on any atom is -0.492 e. The maximum absolute atomic E-state index is 5.59. The molecule has 0 atom stereocenters.